The van der Waals surface area contributed by atoms with E-state index in [9.17, 15) is 0 Å². The molecule has 0 spiro atoms. The summed E-state index contributed by atoms with van der Waals surface area (Å²) in [6, 6.07) is 8.76. The zero-order valence-corrected chi connectivity index (χ0v) is 10.3. The lowest BCUT2D eigenvalue weighted by Crippen LogP contribution is -2.15. The fraction of sp³-hybridized carbons (Fsp3) is 0.500. The van der Waals surface area contributed by atoms with Crippen LogP contribution in [0.1, 0.15) is 17.9 Å². The first-order chi connectivity index (χ1) is 6.66. The van der Waals surface area contributed by atoms with Crippen molar-refractivity contribution in [1.29, 1.82) is 0 Å². The predicted molar refractivity (Wildman–Crippen MR) is 63.5 cm³/mol. The number of nitrogens with zero attached hydrogens (tertiary/aromatic N) is 1. The van der Waals surface area contributed by atoms with Crippen molar-refractivity contribution in [3.8, 4) is 0 Å². The summed E-state index contributed by atoms with van der Waals surface area (Å²) in [5.41, 5.74) is 1.50. The van der Waals surface area contributed by atoms with Crippen LogP contribution in [-0.4, -0.2) is 25.5 Å². The molecule has 76 valence electrons. The second-order valence-corrected chi connectivity index (χ2v) is 5.33. The molecule has 1 aromatic rings. The summed E-state index contributed by atoms with van der Waals surface area (Å²) in [5, 5.41) is 0. The van der Waals surface area contributed by atoms with Crippen LogP contribution in [-0.2, 0) is 0 Å². The van der Waals surface area contributed by atoms with E-state index in [1.807, 2.05) is 0 Å². The molecule has 0 N–H and O–H groups in total. The van der Waals surface area contributed by atoms with Crippen LogP contribution in [0.25, 0.3) is 0 Å². The Morgan fingerprint density at radius 2 is 1.93 bits per heavy atom. The average molecular weight is 254 g/mol. The summed E-state index contributed by atoms with van der Waals surface area (Å²) in [7, 11) is 4.30. The normalized spacial score (nSPS) is 25.4. The van der Waals surface area contributed by atoms with Crippen molar-refractivity contribution < 1.29 is 0 Å². The minimum atomic E-state index is 0.811. The zero-order valence-electron chi connectivity index (χ0n) is 8.70. The summed E-state index contributed by atoms with van der Waals surface area (Å²) in [6.07, 6.45) is 1.36. The van der Waals surface area contributed by atoms with E-state index in [0.717, 1.165) is 11.8 Å². The monoisotopic (exact) mass is 253 g/mol. The number of rotatable bonds is 3. The first kappa shape index (κ1) is 10.2. The minimum Gasteiger partial charge on any atom is -0.309 e. The minimum absolute atomic E-state index is 0.811. The van der Waals surface area contributed by atoms with Crippen LogP contribution in [0.15, 0.2) is 28.7 Å². The molecular formula is C12H16BrN. The molecule has 0 radical (unpaired) electrons. The highest BCUT2D eigenvalue weighted by Gasteiger charge is 2.37. The molecule has 1 nitrogen and oxygen atoms in total. The van der Waals surface area contributed by atoms with Crippen molar-refractivity contribution in [1.82, 2.24) is 4.90 Å². The van der Waals surface area contributed by atoms with Gasteiger partial charge in [0.25, 0.3) is 0 Å². The molecule has 0 aliphatic heterocycles. The van der Waals surface area contributed by atoms with Crippen LogP contribution < -0.4 is 0 Å². The van der Waals surface area contributed by atoms with Gasteiger partial charge in [0.1, 0.15) is 0 Å². The molecule has 1 saturated carbocycles. The Hall–Kier alpha value is -0.340. The fourth-order valence-electron chi connectivity index (χ4n) is 2.04. The first-order valence-corrected chi connectivity index (χ1v) is 5.86. The van der Waals surface area contributed by atoms with Gasteiger partial charge in [-0.05, 0) is 50.0 Å². The van der Waals surface area contributed by atoms with Crippen molar-refractivity contribution in [3.05, 3.63) is 34.3 Å². The third-order valence-electron chi connectivity index (χ3n) is 2.82. The smallest absolute Gasteiger partial charge is 0.0175 e. The van der Waals surface area contributed by atoms with Crippen LogP contribution in [0, 0.1) is 5.92 Å². The van der Waals surface area contributed by atoms with Crippen molar-refractivity contribution in [2.24, 2.45) is 5.92 Å². The van der Waals surface area contributed by atoms with E-state index in [4.69, 9.17) is 0 Å². The number of halogens is 1. The molecule has 2 rings (SSSR count). The van der Waals surface area contributed by atoms with Crippen molar-refractivity contribution in [3.63, 3.8) is 0 Å². The fourth-order valence-corrected chi connectivity index (χ4v) is 2.30. The Balaban J connectivity index is 1.96. The Morgan fingerprint density at radius 1 is 1.29 bits per heavy atom. The van der Waals surface area contributed by atoms with E-state index in [0.29, 0.717) is 0 Å². The molecule has 1 fully saturated rings. The molecule has 2 heteroatoms. The topological polar surface area (TPSA) is 3.24 Å². The molecule has 1 aromatic carbocycles. The third-order valence-corrected chi connectivity index (χ3v) is 3.35. The Kier molecular flexibility index (Phi) is 2.93. The van der Waals surface area contributed by atoms with Gasteiger partial charge in [0.2, 0.25) is 0 Å². The molecule has 0 amide bonds. The van der Waals surface area contributed by atoms with Crippen LogP contribution >= 0.6 is 15.9 Å². The molecule has 0 aromatic heterocycles. The lowest BCUT2D eigenvalue weighted by Gasteiger charge is -2.08. The van der Waals surface area contributed by atoms with Gasteiger partial charge in [-0.1, -0.05) is 28.1 Å². The quantitative estimate of drug-likeness (QED) is 0.801. The third kappa shape index (κ3) is 2.37. The Bertz CT molecular complexity index is 305. The van der Waals surface area contributed by atoms with E-state index in [1.165, 1.54) is 23.0 Å². The number of benzene rings is 1. The van der Waals surface area contributed by atoms with Gasteiger partial charge < -0.3 is 4.90 Å². The van der Waals surface area contributed by atoms with Gasteiger partial charge in [-0.15, -0.1) is 0 Å². The maximum atomic E-state index is 3.46. The van der Waals surface area contributed by atoms with E-state index in [2.05, 4.69) is 59.2 Å². The zero-order chi connectivity index (χ0) is 10.1. The van der Waals surface area contributed by atoms with Gasteiger partial charge in [0, 0.05) is 11.0 Å². The second-order valence-electron chi connectivity index (χ2n) is 4.42. The van der Waals surface area contributed by atoms with Gasteiger partial charge in [-0.3, -0.25) is 0 Å². The molecule has 1 aliphatic rings. The lowest BCUT2D eigenvalue weighted by molar-refractivity contribution is 0.385. The Morgan fingerprint density at radius 3 is 2.50 bits per heavy atom. The molecule has 0 unspecified atom stereocenters. The Labute approximate surface area is 94.2 Å². The van der Waals surface area contributed by atoms with E-state index in [-0.39, 0.29) is 0 Å². The summed E-state index contributed by atoms with van der Waals surface area (Å²) in [5.74, 6) is 1.69. The number of hydrogen-bond acceptors (Lipinski definition) is 1. The standard InChI is InChI=1S/C12H16BrN/c1-14(2)8-10-7-12(10)9-3-5-11(13)6-4-9/h3-6,10,12H,7-8H2,1-2H3/t10-,12+/m0/s1. The van der Waals surface area contributed by atoms with Gasteiger partial charge in [-0.2, -0.15) is 0 Å². The summed E-state index contributed by atoms with van der Waals surface area (Å²) in [4.78, 5) is 2.28. The lowest BCUT2D eigenvalue weighted by atomic mass is 10.1. The van der Waals surface area contributed by atoms with E-state index >= 15 is 0 Å². The molecule has 2 atom stereocenters. The van der Waals surface area contributed by atoms with Crippen molar-refractivity contribution >= 4 is 15.9 Å². The summed E-state index contributed by atoms with van der Waals surface area (Å²) < 4.78 is 1.17. The SMILES string of the molecule is CN(C)C[C@@H]1C[C@@H]1c1ccc(Br)cc1. The van der Waals surface area contributed by atoms with Gasteiger partial charge in [-0.25, -0.2) is 0 Å². The largest absolute Gasteiger partial charge is 0.309 e. The van der Waals surface area contributed by atoms with E-state index < -0.39 is 0 Å². The molecule has 1 aliphatic carbocycles. The van der Waals surface area contributed by atoms with Crippen molar-refractivity contribution in [2.45, 2.75) is 12.3 Å². The highest BCUT2D eigenvalue weighted by molar-refractivity contribution is 9.10. The molecule has 0 heterocycles. The van der Waals surface area contributed by atoms with Gasteiger partial charge >= 0.3 is 0 Å². The highest BCUT2D eigenvalue weighted by atomic mass is 79.9. The number of hydrogen-bond donors (Lipinski definition) is 0. The van der Waals surface area contributed by atoms with Crippen molar-refractivity contribution in [2.75, 3.05) is 20.6 Å². The van der Waals surface area contributed by atoms with Crippen LogP contribution in [0.4, 0.5) is 0 Å². The molecule has 0 saturated heterocycles. The molecule has 0 bridgehead atoms. The summed E-state index contributed by atoms with van der Waals surface area (Å²) in [6.45, 7) is 1.22. The second kappa shape index (κ2) is 4.03. The van der Waals surface area contributed by atoms with Crippen LogP contribution in [0.5, 0.6) is 0 Å². The van der Waals surface area contributed by atoms with E-state index in [1.54, 1.807) is 0 Å². The van der Waals surface area contributed by atoms with Gasteiger partial charge in [0.15, 0.2) is 0 Å². The highest BCUT2D eigenvalue weighted by Crippen LogP contribution is 2.47. The predicted octanol–water partition coefficient (Wildman–Crippen LogP) is 3.11. The summed E-state index contributed by atoms with van der Waals surface area (Å²) >= 11 is 3.46. The maximum Gasteiger partial charge on any atom is 0.0175 e. The maximum absolute atomic E-state index is 3.46. The van der Waals surface area contributed by atoms with Crippen LogP contribution in [0.2, 0.25) is 0 Å². The van der Waals surface area contributed by atoms with Gasteiger partial charge in [0.05, 0.1) is 0 Å². The van der Waals surface area contributed by atoms with Crippen LogP contribution in [0.3, 0.4) is 0 Å². The average Bonchev–Trinajstić information content (AvgIpc) is 2.84. The molecular weight excluding hydrogens is 238 g/mol. The molecule has 14 heavy (non-hydrogen) atoms. The first-order valence-electron chi connectivity index (χ1n) is 5.07.